The second kappa shape index (κ2) is 3.96. The van der Waals surface area contributed by atoms with E-state index in [1.165, 1.54) is 7.11 Å². The Morgan fingerprint density at radius 3 is 2.81 bits per heavy atom. The summed E-state index contributed by atoms with van der Waals surface area (Å²) >= 11 is 0. The van der Waals surface area contributed by atoms with Gasteiger partial charge in [0, 0.05) is 17.6 Å². The fourth-order valence-corrected chi connectivity index (χ4v) is 1.60. The maximum absolute atomic E-state index is 11.5. The van der Waals surface area contributed by atoms with Gasteiger partial charge in [-0.05, 0) is 19.9 Å². The SMILES string of the molecule is COC(=O)c1cccc2cn(C(C)C)nc12. The normalized spacial score (nSPS) is 11.0. The molecule has 4 heteroatoms. The Morgan fingerprint density at radius 1 is 1.44 bits per heavy atom. The number of fused-ring (bicyclic) bond motifs is 1. The summed E-state index contributed by atoms with van der Waals surface area (Å²) in [4.78, 5) is 11.5. The minimum absolute atomic E-state index is 0.276. The van der Waals surface area contributed by atoms with Crippen molar-refractivity contribution >= 4 is 16.9 Å². The first kappa shape index (κ1) is 10.7. The molecule has 2 aromatic rings. The van der Waals surface area contributed by atoms with Crippen LogP contribution in [0.2, 0.25) is 0 Å². The summed E-state index contributed by atoms with van der Waals surface area (Å²) in [5, 5.41) is 5.35. The highest BCUT2D eigenvalue weighted by Gasteiger charge is 2.13. The molecular formula is C12H14N2O2. The lowest BCUT2D eigenvalue weighted by atomic mass is 10.1. The van der Waals surface area contributed by atoms with E-state index in [9.17, 15) is 4.79 Å². The lowest BCUT2D eigenvalue weighted by molar-refractivity contribution is 0.0602. The molecule has 16 heavy (non-hydrogen) atoms. The molecule has 84 valence electrons. The molecule has 0 bridgehead atoms. The molecular weight excluding hydrogens is 204 g/mol. The third kappa shape index (κ3) is 1.66. The zero-order chi connectivity index (χ0) is 11.7. The molecule has 0 saturated heterocycles. The Labute approximate surface area is 93.8 Å². The van der Waals surface area contributed by atoms with Crippen molar-refractivity contribution in [1.29, 1.82) is 0 Å². The molecule has 2 rings (SSSR count). The predicted octanol–water partition coefficient (Wildman–Crippen LogP) is 2.40. The van der Waals surface area contributed by atoms with E-state index in [-0.39, 0.29) is 12.0 Å². The molecule has 0 unspecified atom stereocenters. The maximum Gasteiger partial charge on any atom is 0.340 e. The van der Waals surface area contributed by atoms with Crippen LogP contribution in [0, 0.1) is 0 Å². The van der Waals surface area contributed by atoms with E-state index < -0.39 is 0 Å². The van der Waals surface area contributed by atoms with E-state index in [4.69, 9.17) is 4.74 Å². The smallest absolute Gasteiger partial charge is 0.340 e. The number of ether oxygens (including phenoxy) is 1. The van der Waals surface area contributed by atoms with Gasteiger partial charge in [-0.25, -0.2) is 4.79 Å². The zero-order valence-corrected chi connectivity index (χ0v) is 9.60. The molecule has 0 N–H and O–H groups in total. The average Bonchev–Trinajstić information content (AvgIpc) is 2.71. The largest absolute Gasteiger partial charge is 0.465 e. The third-order valence-corrected chi connectivity index (χ3v) is 2.49. The van der Waals surface area contributed by atoms with Gasteiger partial charge in [-0.3, -0.25) is 4.68 Å². The van der Waals surface area contributed by atoms with Crippen molar-refractivity contribution in [3.05, 3.63) is 30.0 Å². The molecule has 0 spiro atoms. The van der Waals surface area contributed by atoms with Gasteiger partial charge in [0.2, 0.25) is 0 Å². The topological polar surface area (TPSA) is 44.1 Å². The number of rotatable bonds is 2. The van der Waals surface area contributed by atoms with E-state index in [0.717, 1.165) is 5.39 Å². The van der Waals surface area contributed by atoms with Crippen LogP contribution in [-0.4, -0.2) is 22.9 Å². The van der Waals surface area contributed by atoms with Crippen molar-refractivity contribution < 1.29 is 9.53 Å². The lowest BCUT2D eigenvalue weighted by Gasteiger charge is -2.02. The Hall–Kier alpha value is -1.84. The molecule has 0 saturated carbocycles. The fraction of sp³-hybridized carbons (Fsp3) is 0.333. The molecule has 0 radical (unpaired) electrons. The molecule has 0 aliphatic rings. The van der Waals surface area contributed by atoms with Crippen LogP contribution in [0.3, 0.4) is 0 Å². The van der Waals surface area contributed by atoms with Crippen molar-refractivity contribution in [2.75, 3.05) is 7.11 Å². The minimum atomic E-state index is -0.348. The first-order valence-electron chi connectivity index (χ1n) is 5.19. The third-order valence-electron chi connectivity index (χ3n) is 2.49. The standard InChI is InChI=1S/C12H14N2O2/c1-8(2)14-7-9-5-4-6-10(11(9)13-14)12(15)16-3/h4-8H,1-3H3. The Balaban J connectivity index is 2.63. The molecule has 0 aliphatic carbocycles. The number of benzene rings is 1. The highest BCUT2D eigenvalue weighted by molar-refractivity contribution is 6.02. The first-order chi connectivity index (χ1) is 7.63. The Morgan fingerprint density at radius 2 is 2.19 bits per heavy atom. The van der Waals surface area contributed by atoms with Gasteiger partial charge < -0.3 is 4.74 Å². The second-order valence-electron chi connectivity index (χ2n) is 3.94. The van der Waals surface area contributed by atoms with Gasteiger partial charge in [0.15, 0.2) is 0 Å². The van der Waals surface area contributed by atoms with Gasteiger partial charge in [0.25, 0.3) is 0 Å². The number of carbonyl (C=O) groups excluding carboxylic acids is 1. The van der Waals surface area contributed by atoms with Crippen LogP contribution in [0.25, 0.3) is 10.9 Å². The molecule has 0 atom stereocenters. The van der Waals surface area contributed by atoms with Gasteiger partial charge >= 0.3 is 5.97 Å². The molecule has 4 nitrogen and oxygen atoms in total. The zero-order valence-electron chi connectivity index (χ0n) is 9.60. The van der Waals surface area contributed by atoms with Crippen LogP contribution in [0.1, 0.15) is 30.2 Å². The number of hydrogen-bond donors (Lipinski definition) is 0. The number of methoxy groups -OCH3 is 1. The number of nitrogens with zero attached hydrogens (tertiary/aromatic N) is 2. The molecule has 1 aromatic heterocycles. The van der Waals surface area contributed by atoms with Crippen molar-refractivity contribution in [1.82, 2.24) is 9.78 Å². The van der Waals surface area contributed by atoms with Crippen LogP contribution in [0.15, 0.2) is 24.4 Å². The van der Waals surface area contributed by atoms with E-state index in [1.54, 1.807) is 6.07 Å². The highest BCUT2D eigenvalue weighted by atomic mass is 16.5. The van der Waals surface area contributed by atoms with Gasteiger partial charge in [0.1, 0.15) is 5.52 Å². The fourth-order valence-electron chi connectivity index (χ4n) is 1.60. The predicted molar refractivity (Wildman–Crippen MR) is 61.5 cm³/mol. The minimum Gasteiger partial charge on any atom is -0.465 e. The summed E-state index contributed by atoms with van der Waals surface area (Å²) in [5.41, 5.74) is 1.21. The number of hydrogen-bond acceptors (Lipinski definition) is 3. The molecule has 1 heterocycles. The molecule has 0 aliphatic heterocycles. The quantitative estimate of drug-likeness (QED) is 0.727. The van der Waals surface area contributed by atoms with Gasteiger partial charge in [-0.2, -0.15) is 5.10 Å². The van der Waals surface area contributed by atoms with Gasteiger partial charge in [-0.15, -0.1) is 0 Å². The van der Waals surface area contributed by atoms with E-state index in [1.807, 2.05) is 36.9 Å². The maximum atomic E-state index is 11.5. The van der Waals surface area contributed by atoms with Crippen molar-refractivity contribution in [3.8, 4) is 0 Å². The summed E-state index contributed by atoms with van der Waals surface area (Å²) in [7, 11) is 1.38. The van der Waals surface area contributed by atoms with Crippen LogP contribution < -0.4 is 0 Å². The average molecular weight is 218 g/mol. The first-order valence-corrected chi connectivity index (χ1v) is 5.19. The number of esters is 1. The van der Waals surface area contributed by atoms with Gasteiger partial charge in [0.05, 0.1) is 12.7 Å². The lowest BCUT2D eigenvalue weighted by Crippen LogP contribution is -2.03. The summed E-state index contributed by atoms with van der Waals surface area (Å²) < 4.78 is 6.57. The molecule has 0 fully saturated rings. The molecule has 1 aromatic carbocycles. The molecule has 0 amide bonds. The van der Waals surface area contributed by atoms with Crippen molar-refractivity contribution in [2.24, 2.45) is 0 Å². The van der Waals surface area contributed by atoms with Crippen molar-refractivity contribution in [3.63, 3.8) is 0 Å². The Kier molecular flexibility index (Phi) is 2.64. The van der Waals surface area contributed by atoms with Gasteiger partial charge in [-0.1, -0.05) is 12.1 Å². The summed E-state index contributed by atoms with van der Waals surface area (Å²) in [6.07, 6.45) is 1.94. The van der Waals surface area contributed by atoms with Crippen molar-refractivity contribution in [2.45, 2.75) is 19.9 Å². The van der Waals surface area contributed by atoms with Crippen LogP contribution >= 0.6 is 0 Å². The summed E-state index contributed by atoms with van der Waals surface area (Å²) in [6, 6.07) is 5.78. The highest BCUT2D eigenvalue weighted by Crippen LogP contribution is 2.19. The van der Waals surface area contributed by atoms with E-state index >= 15 is 0 Å². The Bertz CT molecular complexity index is 529. The number of carbonyl (C=O) groups is 1. The van der Waals surface area contributed by atoms with E-state index in [2.05, 4.69) is 5.10 Å². The second-order valence-corrected chi connectivity index (χ2v) is 3.94. The van der Waals surface area contributed by atoms with Crippen LogP contribution in [-0.2, 0) is 4.74 Å². The van der Waals surface area contributed by atoms with Crippen LogP contribution in [0.4, 0.5) is 0 Å². The summed E-state index contributed by atoms with van der Waals surface area (Å²) in [6.45, 7) is 4.09. The monoisotopic (exact) mass is 218 g/mol. The van der Waals surface area contributed by atoms with Crippen LogP contribution in [0.5, 0.6) is 0 Å². The van der Waals surface area contributed by atoms with E-state index in [0.29, 0.717) is 11.1 Å². The number of aromatic nitrogens is 2. The summed E-state index contributed by atoms with van der Waals surface area (Å²) in [5.74, 6) is -0.348.